The first-order valence-corrected chi connectivity index (χ1v) is 9.68. The number of hydrogen-bond donors (Lipinski definition) is 0. The average Bonchev–Trinajstić information content (AvgIpc) is 2.65. The van der Waals surface area contributed by atoms with Gasteiger partial charge in [0.1, 0.15) is 11.2 Å². The molecule has 0 aromatic heterocycles. The first-order chi connectivity index (χ1) is 12.3. The molecule has 0 spiro atoms. The van der Waals surface area contributed by atoms with Crippen LogP contribution in [0, 0.1) is 11.8 Å². The molecule has 0 radical (unpaired) electrons. The van der Waals surface area contributed by atoms with Gasteiger partial charge in [0.25, 0.3) is 0 Å². The number of ether oxygens (including phenoxy) is 2. The molecule has 2 unspecified atom stereocenters. The maximum absolute atomic E-state index is 6.60. The predicted molar refractivity (Wildman–Crippen MR) is 109 cm³/mol. The number of rotatable bonds is 9. The second-order valence-corrected chi connectivity index (χ2v) is 8.21. The van der Waals surface area contributed by atoms with E-state index in [1.54, 1.807) is 0 Å². The molecule has 0 aliphatic heterocycles. The molecule has 0 saturated carbocycles. The van der Waals surface area contributed by atoms with Crippen molar-refractivity contribution >= 4 is 0 Å². The summed E-state index contributed by atoms with van der Waals surface area (Å²) in [5, 5.41) is 0. The van der Waals surface area contributed by atoms with E-state index >= 15 is 0 Å². The van der Waals surface area contributed by atoms with Crippen molar-refractivity contribution in [2.24, 2.45) is 11.8 Å². The molecule has 0 bridgehead atoms. The second kappa shape index (κ2) is 8.83. The van der Waals surface area contributed by atoms with E-state index < -0.39 is 11.2 Å². The fourth-order valence-corrected chi connectivity index (χ4v) is 3.17. The summed E-state index contributed by atoms with van der Waals surface area (Å²) in [6, 6.07) is 20.9. The Morgan fingerprint density at radius 3 is 1.19 bits per heavy atom. The second-order valence-electron chi connectivity index (χ2n) is 8.21. The molecule has 2 aromatic carbocycles. The quantitative estimate of drug-likeness (QED) is 0.537. The fourth-order valence-electron chi connectivity index (χ4n) is 3.17. The minimum absolute atomic E-state index is 0.447. The molecule has 142 valence electrons. The van der Waals surface area contributed by atoms with Crippen LogP contribution in [-0.4, -0.2) is 13.2 Å². The van der Waals surface area contributed by atoms with Gasteiger partial charge in [-0.3, -0.25) is 0 Å². The smallest absolute Gasteiger partial charge is 0.123 e. The van der Waals surface area contributed by atoms with Gasteiger partial charge >= 0.3 is 0 Å². The molecule has 0 saturated heterocycles. The largest absolute Gasteiger partial charge is 0.367 e. The van der Waals surface area contributed by atoms with E-state index in [1.165, 1.54) is 0 Å². The standard InChI is InChI=1S/C24H34O2/c1-19(2)17-25-23(5,21-13-9-7-10-14-21)24(6,26-18-20(3)4)22-15-11-8-12-16-22/h7-16,19-20H,17-18H2,1-6H3. The van der Waals surface area contributed by atoms with E-state index in [0.717, 1.165) is 11.1 Å². The molecular formula is C24H34O2. The highest BCUT2D eigenvalue weighted by atomic mass is 16.6. The molecule has 26 heavy (non-hydrogen) atoms. The van der Waals surface area contributed by atoms with Crippen LogP contribution in [0.3, 0.4) is 0 Å². The number of hydrogen-bond acceptors (Lipinski definition) is 2. The van der Waals surface area contributed by atoms with Crippen molar-refractivity contribution in [1.29, 1.82) is 0 Å². The van der Waals surface area contributed by atoms with Crippen LogP contribution in [0.15, 0.2) is 60.7 Å². The van der Waals surface area contributed by atoms with Gasteiger partial charge in [-0.2, -0.15) is 0 Å². The summed E-state index contributed by atoms with van der Waals surface area (Å²) in [6.45, 7) is 14.4. The zero-order valence-corrected chi connectivity index (χ0v) is 17.2. The highest BCUT2D eigenvalue weighted by Gasteiger charge is 2.49. The molecule has 2 nitrogen and oxygen atoms in total. The number of benzene rings is 2. The molecule has 2 heteroatoms. The van der Waals surface area contributed by atoms with Crippen molar-refractivity contribution in [3.8, 4) is 0 Å². The topological polar surface area (TPSA) is 18.5 Å². The lowest BCUT2D eigenvalue weighted by atomic mass is 9.75. The van der Waals surface area contributed by atoms with Crippen molar-refractivity contribution in [3.05, 3.63) is 71.8 Å². The maximum Gasteiger partial charge on any atom is 0.123 e. The predicted octanol–water partition coefficient (Wildman–Crippen LogP) is 6.16. The monoisotopic (exact) mass is 354 g/mol. The third kappa shape index (κ3) is 4.55. The van der Waals surface area contributed by atoms with Crippen LogP contribution in [0.1, 0.15) is 52.7 Å². The molecular weight excluding hydrogens is 320 g/mol. The van der Waals surface area contributed by atoms with Crippen LogP contribution in [0.25, 0.3) is 0 Å². The Morgan fingerprint density at radius 1 is 0.615 bits per heavy atom. The Hall–Kier alpha value is -1.64. The van der Waals surface area contributed by atoms with Gasteiger partial charge in [-0.1, -0.05) is 88.4 Å². The molecule has 2 aromatic rings. The van der Waals surface area contributed by atoms with Gasteiger partial charge in [0.2, 0.25) is 0 Å². The Kier molecular flexibility index (Phi) is 7.02. The van der Waals surface area contributed by atoms with Crippen LogP contribution in [0.5, 0.6) is 0 Å². The zero-order valence-electron chi connectivity index (χ0n) is 17.2. The SMILES string of the molecule is CC(C)COC(C)(c1ccccc1)C(C)(OCC(C)C)c1ccccc1. The Balaban J connectivity index is 2.57. The van der Waals surface area contributed by atoms with Crippen molar-refractivity contribution in [3.63, 3.8) is 0 Å². The molecule has 0 fully saturated rings. The van der Waals surface area contributed by atoms with E-state index in [0.29, 0.717) is 25.0 Å². The molecule has 0 aliphatic rings. The summed E-state index contributed by atoms with van der Waals surface area (Å²) in [5.41, 5.74) is 1.07. The lowest BCUT2D eigenvalue weighted by Gasteiger charge is -2.47. The van der Waals surface area contributed by atoms with Gasteiger partial charge in [-0.05, 0) is 36.8 Å². The van der Waals surface area contributed by atoms with E-state index in [4.69, 9.17) is 9.47 Å². The Morgan fingerprint density at radius 2 is 0.923 bits per heavy atom. The Bertz CT molecular complexity index is 591. The molecule has 0 amide bonds. The van der Waals surface area contributed by atoms with Crippen molar-refractivity contribution < 1.29 is 9.47 Å². The Labute approximate surface area is 159 Å². The van der Waals surface area contributed by atoms with Crippen LogP contribution in [0.4, 0.5) is 0 Å². The van der Waals surface area contributed by atoms with Crippen LogP contribution < -0.4 is 0 Å². The van der Waals surface area contributed by atoms with Gasteiger partial charge in [0.15, 0.2) is 0 Å². The molecule has 2 rings (SSSR count). The summed E-state index contributed by atoms with van der Waals surface area (Å²) in [5.74, 6) is 0.895. The summed E-state index contributed by atoms with van der Waals surface area (Å²) in [7, 11) is 0. The first-order valence-electron chi connectivity index (χ1n) is 9.68. The van der Waals surface area contributed by atoms with Gasteiger partial charge in [0, 0.05) is 0 Å². The van der Waals surface area contributed by atoms with Crippen LogP contribution in [-0.2, 0) is 20.7 Å². The third-order valence-corrected chi connectivity index (χ3v) is 4.97. The van der Waals surface area contributed by atoms with Gasteiger partial charge in [-0.15, -0.1) is 0 Å². The summed E-state index contributed by atoms with van der Waals surface area (Å²) in [6.07, 6.45) is 0. The third-order valence-electron chi connectivity index (χ3n) is 4.97. The maximum atomic E-state index is 6.60. The summed E-state index contributed by atoms with van der Waals surface area (Å²) in [4.78, 5) is 0. The van der Waals surface area contributed by atoms with Crippen molar-refractivity contribution in [1.82, 2.24) is 0 Å². The average molecular weight is 355 g/mol. The normalized spacial score (nSPS) is 16.5. The summed E-state index contributed by atoms with van der Waals surface area (Å²) < 4.78 is 13.2. The van der Waals surface area contributed by atoms with Crippen molar-refractivity contribution in [2.75, 3.05) is 13.2 Å². The summed E-state index contributed by atoms with van der Waals surface area (Å²) >= 11 is 0. The minimum atomic E-state index is -0.602. The van der Waals surface area contributed by atoms with Gasteiger partial charge in [0.05, 0.1) is 13.2 Å². The molecule has 0 heterocycles. The van der Waals surface area contributed by atoms with Crippen molar-refractivity contribution in [2.45, 2.75) is 52.7 Å². The van der Waals surface area contributed by atoms with Gasteiger partial charge < -0.3 is 9.47 Å². The highest BCUT2D eigenvalue weighted by Crippen LogP contribution is 2.46. The van der Waals surface area contributed by atoms with Crippen LogP contribution >= 0.6 is 0 Å². The zero-order chi connectivity index (χ0) is 19.2. The lowest BCUT2D eigenvalue weighted by molar-refractivity contribution is -0.214. The lowest BCUT2D eigenvalue weighted by Crippen LogP contribution is -2.50. The van der Waals surface area contributed by atoms with E-state index in [-0.39, 0.29) is 0 Å². The van der Waals surface area contributed by atoms with Crippen LogP contribution in [0.2, 0.25) is 0 Å². The molecule has 2 atom stereocenters. The molecule has 0 N–H and O–H groups in total. The van der Waals surface area contributed by atoms with E-state index in [2.05, 4.69) is 90.1 Å². The van der Waals surface area contributed by atoms with Gasteiger partial charge in [-0.25, -0.2) is 0 Å². The first kappa shape index (κ1) is 20.7. The van der Waals surface area contributed by atoms with E-state index in [1.807, 2.05) is 12.1 Å². The molecule has 0 aliphatic carbocycles. The minimum Gasteiger partial charge on any atom is -0.367 e. The highest BCUT2D eigenvalue weighted by molar-refractivity contribution is 5.33. The van der Waals surface area contributed by atoms with E-state index in [9.17, 15) is 0 Å². The fraction of sp³-hybridized carbons (Fsp3) is 0.500.